The molecule has 7 heteroatoms. The summed E-state index contributed by atoms with van der Waals surface area (Å²) in [4.78, 5) is 14.7. The van der Waals surface area contributed by atoms with Gasteiger partial charge in [0.15, 0.2) is 0 Å². The molecule has 1 heterocycles. The summed E-state index contributed by atoms with van der Waals surface area (Å²) >= 11 is 3.43. The van der Waals surface area contributed by atoms with Crippen LogP contribution in [0.2, 0.25) is 0 Å². The van der Waals surface area contributed by atoms with Gasteiger partial charge in [-0.1, -0.05) is 18.2 Å². The number of carbonyl (C=O) groups excluding carboxylic acids is 1. The number of ether oxygens (including phenoxy) is 2. The van der Waals surface area contributed by atoms with Crippen LogP contribution in [0.3, 0.4) is 0 Å². The highest BCUT2D eigenvalue weighted by Crippen LogP contribution is 2.36. The Bertz CT molecular complexity index is 1010. The van der Waals surface area contributed by atoms with Gasteiger partial charge in [-0.3, -0.25) is 4.79 Å². The molecule has 3 aromatic rings. The van der Waals surface area contributed by atoms with Gasteiger partial charge in [0.2, 0.25) is 0 Å². The van der Waals surface area contributed by atoms with E-state index in [4.69, 9.17) is 9.47 Å². The van der Waals surface area contributed by atoms with Gasteiger partial charge in [-0.2, -0.15) is 5.10 Å². The number of amides is 1. The van der Waals surface area contributed by atoms with Gasteiger partial charge in [0.1, 0.15) is 16.0 Å². The number of hydrogen-bond donors (Lipinski definition) is 0. The average molecular weight is 458 g/mol. The molecule has 2 aromatic carbocycles. The summed E-state index contributed by atoms with van der Waals surface area (Å²) in [5, 5.41) is 4.66. The Hall–Kier alpha value is -2.80. The lowest BCUT2D eigenvalue weighted by Crippen LogP contribution is -2.26. The zero-order valence-corrected chi connectivity index (χ0v) is 18.8. The van der Waals surface area contributed by atoms with Crippen LogP contribution in [0.15, 0.2) is 46.9 Å². The number of benzene rings is 2. The lowest BCUT2D eigenvalue weighted by Gasteiger charge is -2.19. The number of carbonyl (C=O) groups is 1. The van der Waals surface area contributed by atoms with Crippen molar-refractivity contribution in [1.82, 2.24) is 14.7 Å². The van der Waals surface area contributed by atoms with E-state index < -0.39 is 0 Å². The summed E-state index contributed by atoms with van der Waals surface area (Å²) in [7, 11) is 4.90. The van der Waals surface area contributed by atoms with Crippen molar-refractivity contribution in [3.05, 3.63) is 69.5 Å². The highest BCUT2D eigenvalue weighted by molar-refractivity contribution is 9.10. The molecule has 6 nitrogen and oxygen atoms in total. The van der Waals surface area contributed by atoms with Crippen molar-refractivity contribution in [2.45, 2.75) is 20.4 Å². The van der Waals surface area contributed by atoms with Crippen LogP contribution in [0.25, 0.3) is 5.69 Å². The van der Waals surface area contributed by atoms with E-state index >= 15 is 0 Å². The Morgan fingerprint density at radius 3 is 2.24 bits per heavy atom. The van der Waals surface area contributed by atoms with Crippen LogP contribution in [0, 0.1) is 13.8 Å². The first-order valence-corrected chi connectivity index (χ1v) is 9.94. The fourth-order valence-corrected chi connectivity index (χ4v) is 3.80. The monoisotopic (exact) mass is 457 g/mol. The van der Waals surface area contributed by atoms with Gasteiger partial charge in [0.25, 0.3) is 5.91 Å². The van der Waals surface area contributed by atoms with Crippen molar-refractivity contribution in [3.8, 4) is 17.2 Å². The third-order valence-corrected chi connectivity index (χ3v) is 5.66. The van der Waals surface area contributed by atoms with Crippen LogP contribution < -0.4 is 9.47 Å². The molecular formula is C22H24BrN3O3. The van der Waals surface area contributed by atoms with Crippen LogP contribution in [-0.4, -0.2) is 41.9 Å². The number of aromatic nitrogens is 2. The molecule has 0 aliphatic heterocycles. The lowest BCUT2D eigenvalue weighted by atomic mass is 10.1. The molecule has 3 rings (SSSR count). The molecule has 0 spiro atoms. The first-order chi connectivity index (χ1) is 13.9. The van der Waals surface area contributed by atoms with Gasteiger partial charge in [0, 0.05) is 30.4 Å². The molecule has 0 aliphatic rings. The number of methoxy groups -OCH3 is 2. The van der Waals surface area contributed by atoms with E-state index in [-0.39, 0.29) is 5.91 Å². The molecule has 0 atom stereocenters. The fraction of sp³-hybridized carbons (Fsp3) is 0.273. The van der Waals surface area contributed by atoms with Crippen LogP contribution in [0.1, 0.15) is 27.3 Å². The summed E-state index contributed by atoms with van der Waals surface area (Å²) in [6, 6.07) is 13.4. The van der Waals surface area contributed by atoms with Gasteiger partial charge in [0.05, 0.1) is 25.6 Å². The minimum absolute atomic E-state index is 0.125. The minimum Gasteiger partial charge on any atom is -0.495 e. The molecule has 29 heavy (non-hydrogen) atoms. The van der Waals surface area contributed by atoms with Crippen LogP contribution in [-0.2, 0) is 6.54 Å². The lowest BCUT2D eigenvalue weighted by molar-refractivity contribution is 0.0784. The number of halogens is 1. The van der Waals surface area contributed by atoms with Gasteiger partial charge < -0.3 is 14.4 Å². The number of rotatable bonds is 6. The largest absolute Gasteiger partial charge is 0.495 e. The maximum absolute atomic E-state index is 13.1. The van der Waals surface area contributed by atoms with Gasteiger partial charge in [-0.05, 0) is 54.0 Å². The molecule has 0 bridgehead atoms. The third kappa shape index (κ3) is 4.15. The van der Waals surface area contributed by atoms with E-state index in [2.05, 4.69) is 21.0 Å². The molecule has 0 aliphatic carbocycles. The Balaban J connectivity index is 1.89. The second kappa shape index (κ2) is 8.69. The Kier molecular flexibility index (Phi) is 6.27. The quantitative estimate of drug-likeness (QED) is 0.544. The van der Waals surface area contributed by atoms with E-state index in [9.17, 15) is 4.79 Å². The molecule has 1 amide bonds. The standard InChI is InChI=1S/C22H24BrN3O3/c1-14-18(15(2)26(24-14)17-9-7-6-8-10-17)13-25(3)22(27)16-11-19(28-4)21(23)20(12-16)29-5/h6-12H,13H2,1-5H3. The van der Waals surface area contributed by atoms with Crippen LogP contribution in [0.5, 0.6) is 11.5 Å². The fourth-order valence-electron chi connectivity index (χ4n) is 3.25. The topological polar surface area (TPSA) is 56.6 Å². The molecule has 0 unspecified atom stereocenters. The summed E-state index contributed by atoms with van der Waals surface area (Å²) in [5.74, 6) is 0.969. The maximum atomic E-state index is 13.1. The van der Waals surface area contributed by atoms with Gasteiger partial charge in [-0.25, -0.2) is 4.68 Å². The predicted octanol–water partition coefficient (Wildman–Crippen LogP) is 4.54. The van der Waals surface area contributed by atoms with Crippen molar-refractivity contribution in [2.24, 2.45) is 0 Å². The zero-order chi connectivity index (χ0) is 21.1. The first kappa shape index (κ1) is 20.9. The number of para-hydroxylation sites is 1. The Morgan fingerprint density at radius 1 is 1.10 bits per heavy atom. The van der Waals surface area contributed by atoms with E-state index in [1.165, 1.54) is 0 Å². The average Bonchev–Trinajstić information content (AvgIpc) is 3.02. The Morgan fingerprint density at radius 2 is 1.69 bits per heavy atom. The van der Waals surface area contributed by atoms with E-state index in [0.29, 0.717) is 28.1 Å². The Labute approximate surface area is 179 Å². The van der Waals surface area contributed by atoms with Crippen LogP contribution in [0.4, 0.5) is 0 Å². The predicted molar refractivity (Wildman–Crippen MR) is 116 cm³/mol. The third-order valence-electron chi connectivity index (χ3n) is 4.88. The van der Waals surface area contributed by atoms with Gasteiger partial charge >= 0.3 is 0 Å². The molecule has 0 saturated carbocycles. The van der Waals surface area contributed by atoms with E-state index in [1.807, 2.05) is 48.9 Å². The summed E-state index contributed by atoms with van der Waals surface area (Å²) in [6.07, 6.45) is 0. The molecule has 0 fully saturated rings. The van der Waals surface area contributed by atoms with E-state index in [0.717, 1.165) is 22.6 Å². The minimum atomic E-state index is -0.125. The highest BCUT2D eigenvalue weighted by Gasteiger charge is 2.21. The maximum Gasteiger partial charge on any atom is 0.254 e. The number of hydrogen-bond acceptors (Lipinski definition) is 4. The second-order valence-corrected chi connectivity index (χ2v) is 7.55. The molecule has 1 aromatic heterocycles. The van der Waals surface area contributed by atoms with Crippen LogP contribution >= 0.6 is 15.9 Å². The van der Waals surface area contributed by atoms with Crippen molar-refractivity contribution in [2.75, 3.05) is 21.3 Å². The smallest absolute Gasteiger partial charge is 0.254 e. The SMILES string of the molecule is COc1cc(C(=O)N(C)Cc2c(C)nn(-c3ccccc3)c2C)cc(OC)c1Br. The van der Waals surface area contributed by atoms with E-state index in [1.54, 1.807) is 38.3 Å². The molecule has 152 valence electrons. The summed E-state index contributed by atoms with van der Waals surface area (Å²) in [5.41, 5.74) is 4.43. The zero-order valence-electron chi connectivity index (χ0n) is 17.2. The normalized spacial score (nSPS) is 10.7. The second-order valence-electron chi connectivity index (χ2n) is 6.75. The number of aryl methyl sites for hydroxylation is 1. The summed E-state index contributed by atoms with van der Waals surface area (Å²) < 4.78 is 13.3. The van der Waals surface area contributed by atoms with Crippen molar-refractivity contribution >= 4 is 21.8 Å². The molecule has 0 N–H and O–H groups in total. The van der Waals surface area contributed by atoms with Crippen molar-refractivity contribution in [1.29, 1.82) is 0 Å². The highest BCUT2D eigenvalue weighted by atomic mass is 79.9. The van der Waals surface area contributed by atoms with Gasteiger partial charge in [-0.15, -0.1) is 0 Å². The molecule has 0 radical (unpaired) electrons. The number of nitrogens with zero attached hydrogens (tertiary/aromatic N) is 3. The first-order valence-electron chi connectivity index (χ1n) is 9.14. The molecule has 0 saturated heterocycles. The van der Waals surface area contributed by atoms with Crippen molar-refractivity contribution in [3.63, 3.8) is 0 Å². The van der Waals surface area contributed by atoms with Crippen molar-refractivity contribution < 1.29 is 14.3 Å². The molecular weight excluding hydrogens is 434 g/mol. The summed E-state index contributed by atoms with van der Waals surface area (Å²) in [6.45, 7) is 4.43.